The number of hydrogen-bond acceptors (Lipinski definition) is 2. The Balaban J connectivity index is 1.56. The van der Waals surface area contributed by atoms with Crippen molar-refractivity contribution in [2.75, 3.05) is 0 Å². The second kappa shape index (κ2) is 7.23. The SMILES string of the molecule is CCCCc1ccc2c(c1)sc1c2ccc2c3ccc(-c4ccccc4)cc3sc21. The van der Waals surface area contributed by atoms with E-state index in [4.69, 9.17) is 0 Å². The van der Waals surface area contributed by atoms with Gasteiger partial charge in [-0.3, -0.25) is 0 Å². The Morgan fingerprint density at radius 2 is 1.23 bits per heavy atom. The lowest BCUT2D eigenvalue weighted by molar-refractivity contribution is 0.796. The zero-order valence-electron chi connectivity index (χ0n) is 16.9. The van der Waals surface area contributed by atoms with Crippen molar-refractivity contribution in [2.24, 2.45) is 0 Å². The Morgan fingerprint density at radius 3 is 1.93 bits per heavy atom. The maximum Gasteiger partial charge on any atom is 0.0534 e. The maximum atomic E-state index is 2.42. The first-order chi connectivity index (χ1) is 14.8. The van der Waals surface area contributed by atoms with Crippen LogP contribution in [0.1, 0.15) is 25.3 Å². The van der Waals surface area contributed by atoms with Crippen LogP contribution in [0.5, 0.6) is 0 Å². The third kappa shape index (κ3) is 2.86. The maximum absolute atomic E-state index is 2.42. The van der Waals surface area contributed by atoms with E-state index in [1.807, 2.05) is 22.7 Å². The van der Waals surface area contributed by atoms with Crippen molar-refractivity contribution in [3.8, 4) is 11.1 Å². The Labute approximate surface area is 184 Å². The van der Waals surface area contributed by atoms with Gasteiger partial charge in [-0.05, 0) is 41.7 Å². The lowest BCUT2D eigenvalue weighted by Crippen LogP contribution is -1.82. The summed E-state index contributed by atoms with van der Waals surface area (Å²) < 4.78 is 5.68. The van der Waals surface area contributed by atoms with E-state index in [0.29, 0.717) is 0 Å². The van der Waals surface area contributed by atoms with Gasteiger partial charge in [-0.25, -0.2) is 0 Å². The number of aryl methyl sites for hydroxylation is 1. The van der Waals surface area contributed by atoms with E-state index < -0.39 is 0 Å². The number of rotatable bonds is 4. The highest BCUT2D eigenvalue weighted by molar-refractivity contribution is 7.33. The van der Waals surface area contributed by atoms with E-state index in [2.05, 4.69) is 85.8 Å². The van der Waals surface area contributed by atoms with Gasteiger partial charge in [0.05, 0.1) is 9.40 Å². The third-order valence-corrected chi connectivity index (χ3v) is 8.57. The van der Waals surface area contributed by atoms with Crippen molar-refractivity contribution >= 4 is 63.0 Å². The highest BCUT2D eigenvalue weighted by Crippen LogP contribution is 2.45. The summed E-state index contributed by atoms with van der Waals surface area (Å²) in [6.45, 7) is 2.26. The second-order valence-corrected chi connectivity index (χ2v) is 10.1. The third-order valence-electron chi connectivity index (χ3n) is 6.07. The second-order valence-electron chi connectivity index (χ2n) is 8.03. The molecule has 0 unspecified atom stereocenters. The molecule has 0 saturated heterocycles. The number of unbranched alkanes of at least 4 members (excludes halogenated alkanes) is 1. The average Bonchev–Trinajstić information content (AvgIpc) is 3.35. The van der Waals surface area contributed by atoms with E-state index in [1.165, 1.54) is 76.3 Å². The van der Waals surface area contributed by atoms with Gasteiger partial charge in [-0.1, -0.05) is 80.1 Å². The lowest BCUT2D eigenvalue weighted by atomic mass is 10.0. The van der Waals surface area contributed by atoms with Crippen molar-refractivity contribution in [3.63, 3.8) is 0 Å². The van der Waals surface area contributed by atoms with E-state index in [1.54, 1.807) is 0 Å². The normalized spacial score (nSPS) is 11.9. The molecule has 0 spiro atoms. The molecule has 0 atom stereocenters. The first-order valence-electron chi connectivity index (χ1n) is 10.7. The zero-order valence-corrected chi connectivity index (χ0v) is 18.6. The van der Waals surface area contributed by atoms with Crippen molar-refractivity contribution < 1.29 is 0 Å². The summed E-state index contributed by atoms with van der Waals surface area (Å²) >= 11 is 3.91. The van der Waals surface area contributed by atoms with Gasteiger partial charge < -0.3 is 0 Å². The summed E-state index contributed by atoms with van der Waals surface area (Å²) in [7, 11) is 0. The number of benzene rings is 4. The van der Waals surface area contributed by atoms with Crippen LogP contribution in [-0.4, -0.2) is 0 Å². The Bertz CT molecular complexity index is 1520. The van der Waals surface area contributed by atoms with Crippen LogP contribution in [0.2, 0.25) is 0 Å². The first-order valence-corrected chi connectivity index (χ1v) is 12.3. The molecular formula is C28H22S2. The standard InChI is InChI=1S/C28H22S2/c1-2-3-7-18-10-12-21-23-14-15-24-22-13-11-20(19-8-5-4-6-9-19)17-26(22)30-28(24)27(23)29-25(21)16-18/h4-6,8-17H,2-3,7H2,1H3. The van der Waals surface area contributed by atoms with Gasteiger partial charge in [0.15, 0.2) is 0 Å². The van der Waals surface area contributed by atoms with Gasteiger partial charge >= 0.3 is 0 Å². The molecule has 146 valence electrons. The molecule has 2 heteroatoms. The summed E-state index contributed by atoms with van der Waals surface area (Å²) in [6, 6.07) is 29.3. The predicted molar refractivity (Wildman–Crippen MR) is 136 cm³/mol. The van der Waals surface area contributed by atoms with Gasteiger partial charge in [0, 0.05) is 30.9 Å². The summed E-state index contributed by atoms with van der Waals surface area (Å²) in [5.74, 6) is 0. The van der Waals surface area contributed by atoms with Crippen molar-refractivity contribution in [1.29, 1.82) is 0 Å². The van der Waals surface area contributed by atoms with Crippen LogP contribution in [0.4, 0.5) is 0 Å². The molecule has 0 fully saturated rings. The van der Waals surface area contributed by atoms with Crippen LogP contribution in [0.25, 0.3) is 51.5 Å². The Hall–Kier alpha value is -2.68. The average molecular weight is 423 g/mol. The van der Waals surface area contributed by atoms with Gasteiger partial charge in [-0.2, -0.15) is 0 Å². The monoisotopic (exact) mass is 422 g/mol. The smallest absolute Gasteiger partial charge is 0.0534 e. The molecule has 30 heavy (non-hydrogen) atoms. The molecule has 0 nitrogen and oxygen atoms in total. The molecule has 0 aliphatic heterocycles. The molecule has 0 bridgehead atoms. The molecule has 6 aromatic rings. The van der Waals surface area contributed by atoms with Gasteiger partial charge in [-0.15, -0.1) is 22.7 Å². The molecule has 0 aliphatic rings. The van der Waals surface area contributed by atoms with Crippen molar-refractivity contribution in [2.45, 2.75) is 26.2 Å². The predicted octanol–water partition coefficient (Wildman–Crippen LogP) is 9.43. The van der Waals surface area contributed by atoms with E-state index >= 15 is 0 Å². The molecule has 0 amide bonds. The van der Waals surface area contributed by atoms with Crippen LogP contribution >= 0.6 is 22.7 Å². The van der Waals surface area contributed by atoms with Crippen LogP contribution in [0.3, 0.4) is 0 Å². The summed E-state index contributed by atoms with van der Waals surface area (Å²) in [4.78, 5) is 0. The zero-order chi connectivity index (χ0) is 20.1. The minimum Gasteiger partial charge on any atom is -0.134 e. The Morgan fingerprint density at radius 1 is 0.600 bits per heavy atom. The summed E-state index contributed by atoms with van der Waals surface area (Å²) in [6.07, 6.45) is 3.69. The van der Waals surface area contributed by atoms with Crippen LogP contribution in [-0.2, 0) is 6.42 Å². The highest BCUT2D eigenvalue weighted by atomic mass is 32.1. The number of hydrogen-bond donors (Lipinski definition) is 0. The van der Waals surface area contributed by atoms with E-state index in [9.17, 15) is 0 Å². The summed E-state index contributed by atoms with van der Waals surface area (Å²) in [5.41, 5.74) is 4.04. The van der Waals surface area contributed by atoms with E-state index in [0.717, 1.165) is 0 Å². The molecule has 2 heterocycles. The minimum absolute atomic E-state index is 1.18. The topological polar surface area (TPSA) is 0 Å². The highest BCUT2D eigenvalue weighted by Gasteiger charge is 2.13. The van der Waals surface area contributed by atoms with Gasteiger partial charge in [0.25, 0.3) is 0 Å². The van der Waals surface area contributed by atoms with Crippen LogP contribution in [0, 0.1) is 0 Å². The van der Waals surface area contributed by atoms with Crippen molar-refractivity contribution in [3.05, 3.63) is 84.4 Å². The van der Waals surface area contributed by atoms with E-state index in [-0.39, 0.29) is 0 Å². The fourth-order valence-corrected chi connectivity index (χ4v) is 7.10. The Kier molecular flexibility index (Phi) is 4.36. The minimum atomic E-state index is 1.18. The molecule has 4 aromatic carbocycles. The fourth-order valence-electron chi connectivity index (χ4n) is 4.46. The fraction of sp³-hybridized carbons (Fsp3) is 0.143. The molecule has 0 saturated carbocycles. The van der Waals surface area contributed by atoms with Crippen LogP contribution in [0.15, 0.2) is 78.9 Å². The summed E-state index contributed by atoms with van der Waals surface area (Å²) in [5, 5.41) is 5.57. The molecule has 0 aliphatic carbocycles. The molecule has 0 radical (unpaired) electrons. The number of fused-ring (bicyclic) bond motifs is 7. The van der Waals surface area contributed by atoms with Crippen molar-refractivity contribution in [1.82, 2.24) is 0 Å². The van der Waals surface area contributed by atoms with Gasteiger partial charge in [0.2, 0.25) is 0 Å². The largest absolute Gasteiger partial charge is 0.134 e. The molecule has 0 N–H and O–H groups in total. The molecule has 6 rings (SSSR count). The molecule has 2 aromatic heterocycles. The lowest BCUT2D eigenvalue weighted by Gasteiger charge is -2.01. The number of thiophene rings is 2. The molecular weight excluding hydrogens is 400 g/mol. The first kappa shape index (κ1) is 18.1. The van der Waals surface area contributed by atoms with Gasteiger partial charge in [0.1, 0.15) is 0 Å². The van der Waals surface area contributed by atoms with Crippen LogP contribution < -0.4 is 0 Å². The quantitative estimate of drug-likeness (QED) is 0.265.